The van der Waals surface area contributed by atoms with Crippen molar-refractivity contribution in [2.45, 2.75) is 31.7 Å². The third-order valence-corrected chi connectivity index (χ3v) is 7.08. The number of rotatable bonds is 9. The van der Waals surface area contributed by atoms with Gasteiger partial charge in [0.25, 0.3) is 6.49 Å². The van der Waals surface area contributed by atoms with Crippen LogP contribution in [0.25, 0.3) is 0 Å². The average Bonchev–Trinajstić information content (AvgIpc) is 2.58. The fourth-order valence-electron chi connectivity index (χ4n) is 1.81. The van der Waals surface area contributed by atoms with E-state index >= 15 is 0 Å². The summed E-state index contributed by atoms with van der Waals surface area (Å²) in [6.07, 6.45) is 2.35. The van der Waals surface area contributed by atoms with Crippen LogP contribution in [0.2, 0.25) is 0 Å². The molecule has 1 unspecified atom stereocenters. The van der Waals surface area contributed by atoms with Crippen LogP contribution < -0.4 is 9.83 Å². The van der Waals surface area contributed by atoms with Crippen molar-refractivity contribution in [1.82, 2.24) is 10.2 Å². The fourth-order valence-corrected chi connectivity index (χ4v) is 5.16. The Hall–Kier alpha value is -0.940. The summed E-state index contributed by atoms with van der Waals surface area (Å²) in [6, 6.07) is 13.4. The molecule has 0 saturated heterocycles. The van der Waals surface area contributed by atoms with Crippen LogP contribution in [-0.4, -0.2) is 22.6 Å². The fraction of sp³-hybridized carbons (Fsp3) is 0.375. The van der Waals surface area contributed by atoms with E-state index in [1.165, 1.54) is 12.8 Å². The van der Waals surface area contributed by atoms with Gasteiger partial charge in [-0.05, 0) is 49.1 Å². The second kappa shape index (κ2) is 9.38. The quantitative estimate of drug-likeness (QED) is 0.371. The molecule has 0 radical (unpaired) electrons. The molecule has 0 bridgehead atoms. The molecule has 1 aromatic carbocycles. The maximum atomic E-state index is 5.93. The van der Waals surface area contributed by atoms with Crippen LogP contribution in [0.1, 0.15) is 26.7 Å². The molecule has 0 aliphatic carbocycles. The highest BCUT2D eigenvalue weighted by Gasteiger charge is 2.23. The number of unbranched alkanes of at least 4 members (excludes halogenated alkanes) is 1. The summed E-state index contributed by atoms with van der Waals surface area (Å²) in [5, 5.41) is 10.1. The van der Waals surface area contributed by atoms with Gasteiger partial charge in [-0.3, -0.25) is 0 Å². The minimum absolute atomic E-state index is 0.408. The summed E-state index contributed by atoms with van der Waals surface area (Å²) in [6.45, 7) is 1.96. The summed E-state index contributed by atoms with van der Waals surface area (Å²) in [7, 11) is 0. The van der Waals surface area contributed by atoms with Gasteiger partial charge in [-0.15, -0.1) is 22.0 Å². The van der Waals surface area contributed by atoms with E-state index in [1.807, 2.05) is 49.4 Å². The van der Waals surface area contributed by atoms with Gasteiger partial charge in [-0.1, -0.05) is 31.5 Å². The van der Waals surface area contributed by atoms with E-state index in [2.05, 4.69) is 17.1 Å². The largest absolute Gasteiger partial charge is 0.420 e. The third kappa shape index (κ3) is 5.57. The Morgan fingerprint density at radius 2 is 1.87 bits per heavy atom. The normalized spacial score (nSPS) is 13.5. The smallest absolute Gasteiger partial charge is 0.270 e. The monoisotopic (exact) mass is 368 g/mol. The lowest BCUT2D eigenvalue weighted by molar-refractivity contribution is 0.335. The van der Waals surface area contributed by atoms with Crippen LogP contribution in [0.3, 0.4) is 0 Å². The molecular formula is C16H21N2O2PS2. The van der Waals surface area contributed by atoms with E-state index in [1.54, 1.807) is 11.8 Å². The van der Waals surface area contributed by atoms with Crippen molar-refractivity contribution in [3.8, 4) is 5.88 Å². The summed E-state index contributed by atoms with van der Waals surface area (Å²) in [5.74, 6) is 1.46. The van der Waals surface area contributed by atoms with Crippen molar-refractivity contribution in [2.75, 3.05) is 12.4 Å². The molecule has 1 heterocycles. The Morgan fingerprint density at radius 1 is 1.09 bits per heavy atom. The zero-order valence-corrected chi connectivity index (χ0v) is 15.9. The van der Waals surface area contributed by atoms with Crippen LogP contribution in [0.15, 0.2) is 47.5 Å². The summed E-state index contributed by atoms with van der Waals surface area (Å²) < 4.78 is 11.7. The zero-order chi connectivity index (χ0) is 16.5. The van der Waals surface area contributed by atoms with Gasteiger partial charge >= 0.3 is 0 Å². The first-order chi connectivity index (χ1) is 11.2. The summed E-state index contributed by atoms with van der Waals surface area (Å²) in [4.78, 5) is 0. The van der Waals surface area contributed by atoms with Gasteiger partial charge in [-0.2, -0.15) is 0 Å². The van der Waals surface area contributed by atoms with E-state index in [0.29, 0.717) is 12.5 Å². The Labute approximate surface area is 147 Å². The molecule has 2 aromatic rings. The SMILES string of the molecule is CCCCSc1ccc(OP(=S)(OCC)c2ccccc2)nn1. The van der Waals surface area contributed by atoms with E-state index in [9.17, 15) is 0 Å². The maximum Gasteiger partial charge on any atom is 0.270 e. The number of hydrogen-bond donors (Lipinski definition) is 0. The molecule has 0 spiro atoms. The predicted molar refractivity (Wildman–Crippen MR) is 100 cm³/mol. The van der Waals surface area contributed by atoms with E-state index in [4.69, 9.17) is 20.9 Å². The Balaban J connectivity index is 2.10. The lowest BCUT2D eigenvalue weighted by Crippen LogP contribution is -2.12. The molecule has 1 aromatic heterocycles. The first kappa shape index (κ1) is 18.4. The van der Waals surface area contributed by atoms with Crippen molar-refractivity contribution in [3.05, 3.63) is 42.5 Å². The van der Waals surface area contributed by atoms with E-state index in [0.717, 1.165) is 16.1 Å². The molecule has 0 N–H and O–H groups in total. The van der Waals surface area contributed by atoms with E-state index in [-0.39, 0.29) is 0 Å². The highest BCUT2D eigenvalue weighted by atomic mass is 32.5. The highest BCUT2D eigenvalue weighted by Crippen LogP contribution is 2.46. The molecule has 2 rings (SSSR count). The number of hydrogen-bond acceptors (Lipinski definition) is 6. The van der Waals surface area contributed by atoms with Gasteiger partial charge < -0.3 is 9.05 Å². The molecule has 0 aliphatic rings. The molecule has 0 aliphatic heterocycles. The molecule has 7 heteroatoms. The Morgan fingerprint density at radius 3 is 2.48 bits per heavy atom. The van der Waals surface area contributed by atoms with E-state index < -0.39 is 6.49 Å². The second-order valence-electron chi connectivity index (χ2n) is 4.75. The number of nitrogens with zero attached hydrogens (tertiary/aromatic N) is 2. The van der Waals surface area contributed by atoms with Crippen LogP contribution in [0, 0.1) is 0 Å². The van der Waals surface area contributed by atoms with Gasteiger partial charge in [-0.25, -0.2) is 0 Å². The van der Waals surface area contributed by atoms with Gasteiger partial charge in [0.1, 0.15) is 5.03 Å². The standard InChI is InChI=1S/C16H21N2O2PS2/c1-3-5-13-23-16-12-11-15(17-18-16)20-21(22,19-4-2)14-9-7-6-8-10-14/h6-12H,3-5,13H2,1-2H3. The minimum atomic E-state index is -2.61. The van der Waals surface area contributed by atoms with Crippen molar-refractivity contribution < 1.29 is 9.05 Å². The lowest BCUT2D eigenvalue weighted by Gasteiger charge is -2.21. The van der Waals surface area contributed by atoms with Gasteiger partial charge in [0.15, 0.2) is 0 Å². The molecular weight excluding hydrogens is 347 g/mol. The third-order valence-electron chi connectivity index (χ3n) is 2.95. The molecule has 0 fully saturated rings. The first-order valence-corrected chi connectivity index (χ1v) is 11.3. The molecule has 23 heavy (non-hydrogen) atoms. The topological polar surface area (TPSA) is 44.2 Å². The van der Waals surface area contributed by atoms with Crippen LogP contribution in [0.5, 0.6) is 5.88 Å². The van der Waals surface area contributed by atoms with Crippen LogP contribution in [0.4, 0.5) is 0 Å². The maximum absolute atomic E-state index is 5.93. The lowest BCUT2D eigenvalue weighted by atomic mass is 10.4. The van der Waals surface area contributed by atoms with Crippen molar-refractivity contribution in [3.63, 3.8) is 0 Å². The van der Waals surface area contributed by atoms with Gasteiger partial charge in [0.2, 0.25) is 5.88 Å². The van der Waals surface area contributed by atoms with Gasteiger partial charge in [0.05, 0.1) is 6.61 Å². The predicted octanol–water partition coefficient (Wildman–Crippen LogP) is 4.42. The number of thioether (sulfide) groups is 1. The zero-order valence-electron chi connectivity index (χ0n) is 13.3. The molecule has 4 nitrogen and oxygen atoms in total. The van der Waals surface area contributed by atoms with Crippen LogP contribution in [-0.2, 0) is 16.3 Å². The average molecular weight is 368 g/mol. The van der Waals surface area contributed by atoms with Crippen molar-refractivity contribution >= 4 is 35.4 Å². The molecule has 0 amide bonds. The summed E-state index contributed by atoms with van der Waals surface area (Å²) >= 11 is 7.36. The molecule has 124 valence electrons. The first-order valence-electron chi connectivity index (χ1n) is 7.64. The van der Waals surface area contributed by atoms with Crippen molar-refractivity contribution in [2.24, 2.45) is 0 Å². The number of aromatic nitrogens is 2. The number of benzene rings is 1. The van der Waals surface area contributed by atoms with Gasteiger partial charge in [0, 0.05) is 11.4 Å². The highest BCUT2D eigenvalue weighted by molar-refractivity contribution is 8.13. The van der Waals surface area contributed by atoms with Crippen LogP contribution >= 0.6 is 18.3 Å². The molecule has 1 atom stereocenters. The summed E-state index contributed by atoms with van der Waals surface area (Å²) in [5.41, 5.74) is 0. The Bertz CT molecular complexity index is 638. The second-order valence-corrected chi connectivity index (χ2v) is 9.26. The minimum Gasteiger partial charge on any atom is -0.420 e. The Kier molecular flexibility index (Phi) is 7.50. The molecule has 0 saturated carbocycles. The van der Waals surface area contributed by atoms with Crippen molar-refractivity contribution in [1.29, 1.82) is 0 Å².